The van der Waals surface area contributed by atoms with Crippen LogP contribution in [0.25, 0.3) is 0 Å². The van der Waals surface area contributed by atoms with Crippen LogP contribution in [-0.2, 0) is 4.74 Å². The Labute approximate surface area is 129 Å². The van der Waals surface area contributed by atoms with Crippen molar-refractivity contribution in [1.29, 1.82) is 0 Å². The van der Waals surface area contributed by atoms with Crippen molar-refractivity contribution in [3.05, 3.63) is 22.8 Å². The molecular formula is C14H20ClN3O3. The van der Waals surface area contributed by atoms with E-state index in [1.54, 1.807) is 11.0 Å². The first kappa shape index (κ1) is 16.0. The lowest BCUT2D eigenvalue weighted by Gasteiger charge is -2.26. The molecule has 0 radical (unpaired) electrons. The average Bonchev–Trinajstić information content (AvgIpc) is 2.53. The minimum atomic E-state index is -0.0806. The molecule has 0 spiro atoms. The highest BCUT2D eigenvalue weighted by Crippen LogP contribution is 2.21. The van der Waals surface area contributed by atoms with Crippen LogP contribution >= 0.6 is 11.6 Å². The summed E-state index contributed by atoms with van der Waals surface area (Å²) < 4.78 is 5.23. The first-order chi connectivity index (χ1) is 10.1. The number of nitrogens with zero attached hydrogens (tertiary/aromatic N) is 2. The van der Waals surface area contributed by atoms with E-state index in [4.69, 9.17) is 21.4 Å². The molecule has 1 amide bonds. The average molecular weight is 314 g/mol. The molecule has 1 fully saturated rings. The fraction of sp³-hybridized carbons (Fsp3) is 0.571. The molecule has 1 atom stereocenters. The fourth-order valence-electron chi connectivity index (χ4n) is 1.97. The normalized spacial score (nSPS) is 16.6. The van der Waals surface area contributed by atoms with Gasteiger partial charge in [-0.3, -0.25) is 4.79 Å². The second-order valence-electron chi connectivity index (χ2n) is 5.13. The van der Waals surface area contributed by atoms with Crippen molar-refractivity contribution in [3.63, 3.8) is 0 Å². The van der Waals surface area contributed by atoms with Gasteiger partial charge in [0, 0.05) is 32.4 Å². The van der Waals surface area contributed by atoms with Gasteiger partial charge in [-0.1, -0.05) is 18.5 Å². The van der Waals surface area contributed by atoms with Gasteiger partial charge < -0.3 is 20.1 Å². The Balaban J connectivity index is 2.02. The second-order valence-corrected chi connectivity index (χ2v) is 5.53. The molecule has 116 valence electrons. The monoisotopic (exact) mass is 313 g/mol. The first-order valence-electron chi connectivity index (χ1n) is 6.99. The summed E-state index contributed by atoms with van der Waals surface area (Å²) in [5, 5.41) is 12.5. The van der Waals surface area contributed by atoms with Crippen LogP contribution in [0, 0.1) is 5.92 Å². The van der Waals surface area contributed by atoms with E-state index < -0.39 is 0 Å². The Morgan fingerprint density at radius 2 is 2.29 bits per heavy atom. The molecule has 2 heterocycles. The summed E-state index contributed by atoms with van der Waals surface area (Å²) in [6, 6.07) is 1.62. The number of aliphatic hydroxyl groups excluding tert-OH is 1. The van der Waals surface area contributed by atoms with Crippen molar-refractivity contribution in [3.8, 4) is 0 Å². The number of amides is 1. The predicted octanol–water partition coefficient (Wildman–Crippen LogP) is 1.25. The standard InChI is InChI=1S/C14H20ClN3O3/c1-10(9-19)7-16-13-12(15)6-11(8-17-13)14(20)18-2-4-21-5-3-18/h6,8,10,19H,2-5,7,9H2,1H3,(H,16,17). The highest BCUT2D eigenvalue weighted by molar-refractivity contribution is 6.33. The summed E-state index contributed by atoms with van der Waals surface area (Å²) in [7, 11) is 0. The van der Waals surface area contributed by atoms with Gasteiger partial charge in [-0.05, 0) is 12.0 Å². The van der Waals surface area contributed by atoms with Crippen LogP contribution in [-0.4, -0.2) is 60.4 Å². The van der Waals surface area contributed by atoms with Gasteiger partial charge >= 0.3 is 0 Å². The summed E-state index contributed by atoms with van der Waals surface area (Å²) >= 11 is 6.16. The smallest absolute Gasteiger partial charge is 0.255 e. The van der Waals surface area contributed by atoms with Crippen molar-refractivity contribution < 1.29 is 14.6 Å². The van der Waals surface area contributed by atoms with E-state index in [2.05, 4.69) is 10.3 Å². The minimum Gasteiger partial charge on any atom is -0.396 e. The van der Waals surface area contributed by atoms with Crippen LogP contribution in [0.1, 0.15) is 17.3 Å². The Morgan fingerprint density at radius 1 is 1.57 bits per heavy atom. The number of ether oxygens (including phenoxy) is 1. The van der Waals surface area contributed by atoms with Crippen LogP contribution in [0.5, 0.6) is 0 Å². The summed E-state index contributed by atoms with van der Waals surface area (Å²) in [5.74, 6) is 0.552. The maximum atomic E-state index is 12.3. The van der Waals surface area contributed by atoms with E-state index in [1.807, 2.05) is 6.92 Å². The quantitative estimate of drug-likeness (QED) is 0.855. The van der Waals surface area contributed by atoms with Gasteiger partial charge in [-0.25, -0.2) is 4.98 Å². The predicted molar refractivity (Wildman–Crippen MR) is 80.7 cm³/mol. The van der Waals surface area contributed by atoms with Crippen molar-refractivity contribution in [1.82, 2.24) is 9.88 Å². The summed E-state index contributed by atoms with van der Waals surface area (Å²) in [6.45, 7) is 4.88. The molecule has 0 bridgehead atoms. The number of hydrogen-bond acceptors (Lipinski definition) is 5. The maximum absolute atomic E-state index is 12.3. The molecule has 0 aliphatic carbocycles. The Morgan fingerprint density at radius 3 is 2.90 bits per heavy atom. The molecule has 2 N–H and O–H groups in total. The highest BCUT2D eigenvalue weighted by atomic mass is 35.5. The molecule has 1 saturated heterocycles. The Kier molecular flexibility index (Phi) is 5.78. The SMILES string of the molecule is CC(CO)CNc1ncc(C(=O)N2CCOCC2)cc1Cl. The van der Waals surface area contributed by atoms with Gasteiger partial charge in [0.15, 0.2) is 0 Å². The lowest BCUT2D eigenvalue weighted by atomic mass is 10.2. The van der Waals surface area contributed by atoms with Gasteiger partial charge in [0.1, 0.15) is 5.82 Å². The minimum absolute atomic E-state index is 0.0806. The van der Waals surface area contributed by atoms with Gasteiger partial charge in [0.05, 0.1) is 23.8 Å². The zero-order valence-electron chi connectivity index (χ0n) is 12.0. The van der Waals surface area contributed by atoms with Gasteiger partial charge in [0.25, 0.3) is 5.91 Å². The van der Waals surface area contributed by atoms with Gasteiger partial charge in [0.2, 0.25) is 0 Å². The van der Waals surface area contributed by atoms with E-state index in [-0.39, 0.29) is 18.4 Å². The molecule has 1 aromatic rings. The zero-order chi connectivity index (χ0) is 15.2. The number of anilines is 1. The van der Waals surface area contributed by atoms with E-state index >= 15 is 0 Å². The fourth-order valence-corrected chi connectivity index (χ4v) is 2.20. The zero-order valence-corrected chi connectivity index (χ0v) is 12.8. The largest absolute Gasteiger partial charge is 0.396 e. The number of aliphatic hydroxyl groups is 1. The van der Waals surface area contributed by atoms with Crippen LogP contribution in [0.2, 0.25) is 5.02 Å². The summed E-state index contributed by atoms with van der Waals surface area (Å²) in [4.78, 5) is 18.2. The number of halogens is 1. The van der Waals surface area contributed by atoms with Crippen molar-refractivity contribution in [2.45, 2.75) is 6.92 Å². The van der Waals surface area contributed by atoms with Crippen molar-refractivity contribution >= 4 is 23.3 Å². The van der Waals surface area contributed by atoms with E-state index in [1.165, 1.54) is 6.20 Å². The second kappa shape index (κ2) is 7.59. The molecule has 6 nitrogen and oxygen atoms in total. The molecule has 1 aromatic heterocycles. The van der Waals surface area contributed by atoms with E-state index in [0.29, 0.717) is 49.3 Å². The summed E-state index contributed by atoms with van der Waals surface area (Å²) in [6.07, 6.45) is 1.52. The number of hydrogen-bond donors (Lipinski definition) is 2. The number of rotatable bonds is 5. The third kappa shape index (κ3) is 4.30. The van der Waals surface area contributed by atoms with Crippen LogP contribution in [0.15, 0.2) is 12.3 Å². The van der Waals surface area contributed by atoms with Crippen molar-refractivity contribution in [2.24, 2.45) is 5.92 Å². The van der Waals surface area contributed by atoms with Crippen molar-refractivity contribution in [2.75, 3.05) is 44.8 Å². The lowest BCUT2D eigenvalue weighted by Crippen LogP contribution is -2.40. The molecule has 1 aliphatic heterocycles. The van der Waals surface area contributed by atoms with E-state index in [0.717, 1.165) is 0 Å². The molecule has 21 heavy (non-hydrogen) atoms. The van der Waals surface area contributed by atoms with E-state index in [9.17, 15) is 4.79 Å². The van der Waals surface area contributed by atoms with Crippen LogP contribution in [0.3, 0.4) is 0 Å². The molecule has 7 heteroatoms. The third-order valence-corrected chi connectivity index (χ3v) is 3.60. The molecule has 0 aromatic carbocycles. The third-order valence-electron chi connectivity index (χ3n) is 3.32. The molecule has 1 unspecified atom stereocenters. The molecule has 1 aliphatic rings. The first-order valence-corrected chi connectivity index (χ1v) is 7.37. The number of pyridine rings is 1. The highest BCUT2D eigenvalue weighted by Gasteiger charge is 2.19. The molecule has 2 rings (SSSR count). The Hall–Kier alpha value is -1.37. The maximum Gasteiger partial charge on any atom is 0.255 e. The number of carbonyl (C=O) groups excluding carboxylic acids is 1. The van der Waals surface area contributed by atoms with Crippen LogP contribution in [0.4, 0.5) is 5.82 Å². The number of nitrogens with one attached hydrogen (secondary N) is 1. The summed E-state index contributed by atoms with van der Waals surface area (Å²) in [5.41, 5.74) is 0.475. The van der Waals surface area contributed by atoms with Gasteiger partial charge in [-0.2, -0.15) is 0 Å². The Bertz CT molecular complexity index is 492. The number of morpholine rings is 1. The molecule has 0 saturated carbocycles. The number of aromatic nitrogens is 1. The number of carbonyl (C=O) groups is 1. The van der Waals surface area contributed by atoms with Gasteiger partial charge in [-0.15, -0.1) is 0 Å². The molecular weight excluding hydrogens is 294 g/mol. The van der Waals surface area contributed by atoms with Crippen LogP contribution < -0.4 is 5.32 Å². The topological polar surface area (TPSA) is 74.7 Å². The lowest BCUT2D eigenvalue weighted by molar-refractivity contribution is 0.0302.